The van der Waals surface area contributed by atoms with E-state index in [-0.39, 0.29) is 35.7 Å². The van der Waals surface area contributed by atoms with Crippen LogP contribution in [0.1, 0.15) is 27.0 Å². The fourth-order valence-corrected chi connectivity index (χ4v) is 2.31. The molecule has 0 fully saturated rings. The quantitative estimate of drug-likeness (QED) is 0.358. The second-order valence-corrected chi connectivity index (χ2v) is 5.64. The second-order valence-electron chi connectivity index (χ2n) is 5.64. The van der Waals surface area contributed by atoms with Crippen LogP contribution in [0.3, 0.4) is 0 Å². The van der Waals surface area contributed by atoms with Crippen molar-refractivity contribution in [3.05, 3.63) is 70.5 Å². The Kier molecular flexibility index (Phi) is 9.04. The van der Waals surface area contributed by atoms with Crippen LogP contribution in [0.2, 0.25) is 0 Å². The van der Waals surface area contributed by atoms with Gasteiger partial charge in [0.2, 0.25) is 0 Å². The Morgan fingerprint density at radius 3 is 2.31 bits per heavy atom. The zero-order valence-corrected chi connectivity index (χ0v) is 17.4. The summed E-state index contributed by atoms with van der Waals surface area (Å²) in [6, 6.07) is 12.5. The normalized spacial score (nSPS) is 10.7. The summed E-state index contributed by atoms with van der Waals surface area (Å²) in [5.41, 5.74) is 3.04. The van der Waals surface area contributed by atoms with E-state index in [4.69, 9.17) is 0 Å². The molecular weight excluding hydrogens is 446 g/mol. The molecule has 0 aliphatic carbocycles. The highest BCUT2D eigenvalue weighted by molar-refractivity contribution is 14.0. The van der Waals surface area contributed by atoms with Gasteiger partial charge in [-0.1, -0.05) is 24.3 Å². The molecule has 0 aromatic heterocycles. The van der Waals surface area contributed by atoms with Crippen LogP contribution >= 0.6 is 24.0 Å². The lowest BCUT2D eigenvalue weighted by Gasteiger charge is -2.13. The van der Waals surface area contributed by atoms with Gasteiger partial charge >= 0.3 is 0 Å². The monoisotopic (exact) mass is 470 g/mol. The van der Waals surface area contributed by atoms with Gasteiger partial charge in [-0.05, 0) is 41.8 Å². The third kappa shape index (κ3) is 6.29. The first-order chi connectivity index (χ1) is 12.0. The number of benzene rings is 2. The highest BCUT2D eigenvalue weighted by Gasteiger charge is 2.05. The molecule has 0 aliphatic heterocycles. The first-order valence-corrected chi connectivity index (χ1v) is 8.04. The number of nitrogens with zero attached hydrogens (tertiary/aromatic N) is 1. The third-order valence-corrected chi connectivity index (χ3v) is 3.80. The van der Waals surface area contributed by atoms with Crippen molar-refractivity contribution in [2.24, 2.45) is 4.99 Å². The molecule has 2 aromatic carbocycles. The lowest BCUT2D eigenvalue weighted by Crippen LogP contribution is -2.36. The van der Waals surface area contributed by atoms with Crippen LogP contribution in [-0.4, -0.2) is 26.0 Å². The van der Waals surface area contributed by atoms with Gasteiger partial charge in [0.05, 0.1) is 0 Å². The van der Waals surface area contributed by atoms with Gasteiger partial charge in [0.15, 0.2) is 5.96 Å². The molecule has 1 amide bonds. The summed E-state index contributed by atoms with van der Waals surface area (Å²) in [6.07, 6.45) is 0. The van der Waals surface area contributed by atoms with Crippen LogP contribution < -0.4 is 16.0 Å². The highest BCUT2D eigenvalue weighted by Crippen LogP contribution is 2.09. The lowest BCUT2D eigenvalue weighted by atomic mass is 10.1. The van der Waals surface area contributed by atoms with E-state index in [1.54, 1.807) is 33.2 Å². The molecule has 2 rings (SSSR count). The molecule has 0 radical (unpaired) electrons. The molecule has 3 N–H and O–H groups in total. The summed E-state index contributed by atoms with van der Waals surface area (Å²) in [5, 5.41) is 8.93. The van der Waals surface area contributed by atoms with Gasteiger partial charge in [-0.25, -0.2) is 4.39 Å². The Bertz CT molecular complexity index is 780. The molecule has 0 bridgehead atoms. The van der Waals surface area contributed by atoms with Crippen LogP contribution in [0.25, 0.3) is 0 Å². The number of hydrogen-bond donors (Lipinski definition) is 3. The van der Waals surface area contributed by atoms with Crippen molar-refractivity contribution in [3.8, 4) is 0 Å². The van der Waals surface area contributed by atoms with E-state index in [9.17, 15) is 9.18 Å². The van der Waals surface area contributed by atoms with Gasteiger partial charge in [-0.15, -0.1) is 24.0 Å². The Morgan fingerprint density at radius 1 is 1.08 bits per heavy atom. The van der Waals surface area contributed by atoms with E-state index in [1.807, 2.05) is 24.3 Å². The maximum atomic E-state index is 13.6. The SMILES string of the molecule is CN=C(NCc1cccc(C(=O)NC)c1)NCc1ccc(C)c(F)c1.I. The highest BCUT2D eigenvalue weighted by atomic mass is 127. The van der Waals surface area contributed by atoms with Crippen molar-refractivity contribution in [2.45, 2.75) is 20.0 Å². The van der Waals surface area contributed by atoms with Crippen molar-refractivity contribution in [2.75, 3.05) is 14.1 Å². The van der Waals surface area contributed by atoms with Crippen LogP contribution in [-0.2, 0) is 13.1 Å². The van der Waals surface area contributed by atoms with Crippen LogP contribution in [0, 0.1) is 12.7 Å². The number of halogens is 2. The first-order valence-electron chi connectivity index (χ1n) is 8.04. The zero-order valence-electron chi connectivity index (χ0n) is 15.1. The number of guanidine groups is 1. The molecule has 0 saturated heterocycles. The maximum absolute atomic E-state index is 13.6. The molecule has 140 valence electrons. The van der Waals surface area contributed by atoms with Crippen molar-refractivity contribution >= 4 is 35.8 Å². The van der Waals surface area contributed by atoms with Gasteiger partial charge in [0.1, 0.15) is 5.82 Å². The predicted molar refractivity (Wildman–Crippen MR) is 113 cm³/mol. The summed E-state index contributed by atoms with van der Waals surface area (Å²) < 4.78 is 13.6. The van der Waals surface area contributed by atoms with E-state index in [0.717, 1.165) is 11.1 Å². The van der Waals surface area contributed by atoms with Gasteiger partial charge in [-0.3, -0.25) is 9.79 Å². The molecule has 0 heterocycles. The minimum Gasteiger partial charge on any atom is -0.355 e. The number of carbonyl (C=O) groups excluding carboxylic acids is 1. The van der Waals surface area contributed by atoms with Crippen molar-refractivity contribution in [1.29, 1.82) is 0 Å². The fraction of sp³-hybridized carbons (Fsp3) is 0.263. The number of carbonyl (C=O) groups is 1. The smallest absolute Gasteiger partial charge is 0.251 e. The number of hydrogen-bond acceptors (Lipinski definition) is 2. The van der Waals surface area contributed by atoms with Gasteiger partial charge in [-0.2, -0.15) is 0 Å². The maximum Gasteiger partial charge on any atom is 0.251 e. The van der Waals surface area contributed by atoms with E-state index < -0.39 is 0 Å². The summed E-state index contributed by atoms with van der Waals surface area (Å²) in [4.78, 5) is 15.8. The summed E-state index contributed by atoms with van der Waals surface area (Å²) in [7, 11) is 3.28. The van der Waals surface area contributed by atoms with Gasteiger partial charge in [0, 0.05) is 32.7 Å². The molecule has 26 heavy (non-hydrogen) atoms. The second kappa shape index (κ2) is 10.7. The topological polar surface area (TPSA) is 65.5 Å². The Balaban J connectivity index is 0.00000338. The van der Waals surface area contributed by atoms with Crippen molar-refractivity contribution in [1.82, 2.24) is 16.0 Å². The average molecular weight is 470 g/mol. The summed E-state index contributed by atoms with van der Waals surface area (Å²) in [6.45, 7) is 2.72. The fourth-order valence-electron chi connectivity index (χ4n) is 2.31. The van der Waals surface area contributed by atoms with Gasteiger partial charge < -0.3 is 16.0 Å². The molecule has 0 unspecified atom stereocenters. The van der Waals surface area contributed by atoms with E-state index in [1.165, 1.54) is 6.07 Å². The van der Waals surface area contributed by atoms with E-state index in [0.29, 0.717) is 30.2 Å². The molecular formula is C19H24FIN4O. The van der Waals surface area contributed by atoms with Crippen molar-refractivity contribution < 1.29 is 9.18 Å². The standard InChI is InChI=1S/C19H23FN4O.HI/c1-13-7-8-15(10-17(13)20)12-24-19(22-3)23-11-14-5-4-6-16(9-14)18(25)21-2;/h4-10H,11-12H2,1-3H3,(H,21,25)(H2,22,23,24);1H. The summed E-state index contributed by atoms with van der Waals surface area (Å²) in [5.74, 6) is 0.269. The number of aliphatic imine (C=N–C) groups is 1. The number of rotatable bonds is 5. The minimum absolute atomic E-state index is 0. The first kappa shape index (κ1) is 21.9. The van der Waals surface area contributed by atoms with E-state index in [2.05, 4.69) is 20.9 Å². The average Bonchev–Trinajstić information content (AvgIpc) is 2.64. The molecule has 0 saturated carbocycles. The molecule has 5 nitrogen and oxygen atoms in total. The molecule has 0 spiro atoms. The van der Waals surface area contributed by atoms with Crippen molar-refractivity contribution in [3.63, 3.8) is 0 Å². The predicted octanol–water partition coefficient (Wildman–Crippen LogP) is 2.98. The molecule has 7 heteroatoms. The molecule has 0 atom stereocenters. The Hall–Kier alpha value is -2.16. The largest absolute Gasteiger partial charge is 0.355 e. The van der Waals surface area contributed by atoms with Gasteiger partial charge in [0.25, 0.3) is 5.91 Å². The minimum atomic E-state index is -0.215. The third-order valence-electron chi connectivity index (χ3n) is 3.80. The van der Waals surface area contributed by atoms with Crippen LogP contribution in [0.4, 0.5) is 4.39 Å². The number of aryl methyl sites for hydroxylation is 1. The number of amides is 1. The number of nitrogens with one attached hydrogen (secondary N) is 3. The molecule has 0 aliphatic rings. The van der Waals surface area contributed by atoms with E-state index >= 15 is 0 Å². The summed E-state index contributed by atoms with van der Waals surface area (Å²) >= 11 is 0. The van der Waals surface area contributed by atoms with Crippen LogP contribution in [0.15, 0.2) is 47.5 Å². The Morgan fingerprint density at radius 2 is 1.73 bits per heavy atom. The van der Waals surface area contributed by atoms with Crippen LogP contribution in [0.5, 0.6) is 0 Å². The lowest BCUT2D eigenvalue weighted by molar-refractivity contribution is 0.0963. The molecule has 2 aromatic rings. The zero-order chi connectivity index (χ0) is 18.2. The Labute approximate surface area is 170 Å².